The summed E-state index contributed by atoms with van der Waals surface area (Å²) >= 11 is 0. The fourth-order valence-electron chi connectivity index (χ4n) is 3.23. The second-order valence-electron chi connectivity index (χ2n) is 7.05. The number of rotatable bonds is 9. The molecule has 164 valence electrons. The highest BCUT2D eigenvalue weighted by atomic mass is 32.2. The molecule has 0 atom stereocenters. The van der Waals surface area contributed by atoms with E-state index in [1.54, 1.807) is 36.3 Å². The molecule has 0 aliphatic carbocycles. The molecule has 0 aliphatic rings. The van der Waals surface area contributed by atoms with Gasteiger partial charge in [0.25, 0.3) is 5.91 Å². The topological polar surface area (TPSA) is 82.1 Å². The van der Waals surface area contributed by atoms with Crippen LogP contribution < -0.4 is 8.92 Å². The van der Waals surface area contributed by atoms with Gasteiger partial charge in [0.15, 0.2) is 11.5 Å². The van der Waals surface area contributed by atoms with Crippen molar-refractivity contribution in [1.29, 1.82) is 0 Å². The monoisotopic (exact) mass is 443 g/mol. The number of nitrogens with zero attached hydrogens (tertiary/aromatic N) is 1. The van der Waals surface area contributed by atoms with Gasteiger partial charge in [-0.3, -0.25) is 4.79 Å². The van der Waals surface area contributed by atoms with Crippen molar-refractivity contribution in [3.8, 4) is 11.5 Å². The molecule has 3 aromatic rings. The maximum atomic E-state index is 13.3. The van der Waals surface area contributed by atoms with Crippen molar-refractivity contribution in [1.82, 2.24) is 4.90 Å². The lowest BCUT2D eigenvalue weighted by molar-refractivity contribution is 0.0680. The van der Waals surface area contributed by atoms with E-state index < -0.39 is 10.1 Å². The Morgan fingerprint density at radius 2 is 1.68 bits per heavy atom. The van der Waals surface area contributed by atoms with Crippen molar-refractivity contribution >= 4 is 26.8 Å². The minimum atomic E-state index is -3.73. The smallest absolute Gasteiger partial charge is 0.306 e. The van der Waals surface area contributed by atoms with Crippen LogP contribution in [0.4, 0.5) is 0 Å². The highest BCUT2D eigenvalue weighted by Gasteiger charge is 2.18. The molecule has 0 saturated heterocycles. The molecule has 0 unspecified atom stereocenters. The zero-order chi connectivity index (χ0) is 22.4. The number of amides is 1. The molecule has 0 spiro atoms. The van der Waals surface area contributed by atoms with Gasteiger partial charge in [0.2, 0.25) is 0 Å². The van der Waals surface area contributed by atoms with Gasteiger partial charge in [0, 0.05) is 25.8 Å². The highest BCUT2D eigenvalue weighted by Crippen LogP contribution is 2.30. The number of carbonyl (C=O) groups excluding carboxylic acids is 1. The third-order valence-electron chi connectivity index (χ3n) is 4.69. The predicted octanol–water partition coefficient (Wildman–Crippen LogP) is 3.48. The minimum absolute atomic E-state index is 0.0762. The molecule has 7 nitrogen and oxygen atoms in total. The van der Waals surface area contributed by atoms with Crippen LogP contribution in [-0.2, 0) is 21.4 Å². The molecule has 0 radical (unpaired) electrons. The molecule has 3 aromatic carbocycles. The molecule has 0 aromatic heterocycles. The van der Waals surface area contributed by atoms with Gasteiger partial charge >= 0.3 is 10.1 Å². The standard InChI is InChI=1S/C23H25NO6S/c1-28-13-12-24(23(25)20-10-9-18-6-4-5-7-19(18)15-20)16-17-8-11-21(29-2)22(14-17)30-31(3,26)27/h4-11,14-15H,12-13,16H2,1-3H3. The lowest BCUT2D eigenvalue weighted by Gasteiger charge is -2.23. The molecular weight excluding hydrogens is 418 g/mol. The van der Waals surface area contributed by atoms with E-state index in [1.807, 2.05) is 36.4 Å². The molecule has 0 bridgehead atoms. The average molecular weight is 444 g/mol. The van der Waals surface area contributed by atoms with Crippen LogP contribution >= 0.6 is 0 Å². The lowest BCUT2D eigenvalue weighted by Crippen LogP contribution is -2.33. The third-order valence-corrected chi connectivity index (χ3v) is 5.17. The minimum Gasteiger partial charge on any atom is -0.493 e. The van der Waals surface area contributed by atoms with E-state index in [0.717, 1.165) is 17.0 Å². The molecule has 0 heterocycles. The van der Waals surface area contributed by atoms with Crippen molar-refractivity contribution in [2.45, 2.75) is 6.54 Å². The van der Waals surface area contributed by atoms with Gasteiger partial charge in [-0.15, -0.1) is 0 Å². The summed E-state index contributed by atoms with van der Waals surface area (Å²) in [5.41, 5.74) is 1.26. The van der Waals surface area contributed by atoms with E-state index in [1.165, 1.54) is 7.11 Å². The van der Waals surface area contributed by atoms with Crippen LogP contribution in [0.25, 0.3) is 10.8 Å². The van der Waals surface area contributed by atoms with Gasteiger partial charge in [0.05, 0.1) is 20.0 Å². The molecule has 8 heteroatoms. The van der Waals surface area contributed by atoms with Crippen LogP contribution in [0.2, 0.25) is 0 Å². The van der Waals surface area contributed by atoms with Gasteiger partial charge in [0.1, 0.15) is 0 Å². The fraction of sp³-hybridized carbons (Fsp3) is 0.261. The van der Waals surface area contributed by atoms with Gasteiger partial charge in [-0.2, -0.15) is 8.42 Å². The van der Waals surface area contributed by atoms with Gasteiger partial charge < -0.3 is 18.6 Å². The van der Waals surface area contributed by atoms with E-state index in [0.29, 0.717) is 30.0 Å². The molecule has 31 heavy (non-hydrogen) atoms. The van der Waals surface area contributed by atoms with Crippen LogP contribution in [0.1, 0.15) is 15.9 Å². The van der Waals surface area contributed by atoms with E-state index >= 15 is 0 Å². The summed E-state index contributed by atoms with van der Waals surface area (Å²) in [4.78, 5) is 14.9. The average Bonchev–Trinajstić information content (AvgIpc) is 2.75. The Hall–Kier alpha value is -3.10. The van der Waals surface area contributed by atoms with Crippen LogP contribution in [0.15, 0.2) is 60.7 Å². The van der Waals surface area contributed by atoms with Crippen LogP contribution in [0.5, 0.6) is 11.5 Å². The molecule has 0 saturated carbocycles. The van der Waals surface area contributed by atoms with Crippen LogP contribution in [0, 0.1) is 0 Å². The van der Waals surface area contributed by atoms with Gasteiger partial charge in [-0.1, -0.05) is 36.4 Å². The van der Waals surface area contributed by atoms with Gasteiger partial charge in [-0.25, -0.2) is 0 Å². The SMILES string of the molecule is COCCN(Cc1ccc(OC)c(OS(C)(=O)=O)c1)C(=O)c1ccc2ccccc2c1. The number of ether oxygens (including phenoxy) is 2. The van der Waals surface area contributed by atoms with Crippen molar-refractivity contribution in [2.24, 2.45) is 0 Å². The number of carbonyl (C=O) groups is 1. The predicted molar refractivity (Wildman–Crippen MR) is 119 cm³/mol. The number of fused-ring (bicyclic) bond motifs is 1. The van der Waals surface area contributed by atoms with E-state index in [2.05, 4.69) is 0 Å². The second-order valence-corrected chi connectivity index (χ2v) is 8.63. The zero-order valence-electron chi connectivity index (χ0n) is 17.7. The number of hydrogen-bond acceptors (Lipinski definition) is 6. The molecule has 0 aliphatic heterocycles. The van der Waals surface area contributed by atoms with E-state index in [-0.39, 0.29) is 18.2 Å². The molecule has 0 N–H and O–H groups in total. The molecule has 1 amide bonds. The summed E-state index contributed by atoms with van der Waals surface area (Å²) < 4.78 is 38.6. The second kappa shape index (κ2) is 9.80. The Labute approximate surface area is 182 Å². The first-order chi connectivity index (χ1) is 14.8. The van der Waals surface area contributed by atoms with Crippen molar-refractivity contribution in [3.63, 3.8) is 0 Å². The van der Waals surface area contributed by atoms with Crippen molar-refractivity contribution in [3.05, 3.63) is 71.8 Å². The molecule has 3 rings (SSSR count). The van der Waals surface area contributed by atoms with Crippen LogP contribution in [-0.4, -0.2) is 52.9 Å². The first-order valence-electron chi connectivity index (χ1n) is 9.64. The van der Waals surface area contributed by atoms with Crippen LogP contribution in [0.3, 0.4) is 0 Å². The summed E-state index contributed by atoms with van der Waals surface area (Å²) in [6.45, 7) is 0.984. The number of hydrogen-bond donors (Lipinski definition) is 0. The summed E-state index contributed by atoms with van der Waals surface area (Å²) in [7, 11) is -0.727. The molecular formula is C23H25NO6S. The van der Waals surface area contributed by atoms with Crippen molar-refractivity contribution in [2.75, 3.05) is 33.6 Å². The summed E-state index contributed by atoms with van der Waals surface area (Å²) in [6.07, 6.45) is 0.966. The Kier molecular flexibility index (Phi) is 7.14. The number of benzene rings is 3. The first kappa shape index (κ1) is 22.6. The normalized spacial score (nSPS) is 11.3. The Bertz CT molecular complexity index is 1180. The fourth-order valence-corrected chi connectivity index (χ4v) is 3.68. The summed E-state index contributed by atoms with van der Waals surface area (Å²) in [5.74, 6) is 0.218. The van der Waals surface area contributed by atoms with E-state index in [9.17, 15) is 13.2 Å². The summed E-state index contributed by atoms with van der Waals surface area (Å²) in [5, 5.41) is 2.04. The van der Waals surface area contributed by atoms with Gasteiger partial charge in [-0.05, 0) is 40.6 Å². The maximum absolute atomic E-state index is 13.3. The quantitative estimate of drug-likeness (QED) is 0.471. The zero-order valence-corrected chi connectivity index (χ0v) is 18.5. The number of methoxy groups -OCH3 is 2. The highest BCUT2D eigenvalue weighted by molar-refractivity contribution is 7.86. The van der Waals surface area contributed by atoms with E-state index in [4.69, 9.17) is 13.7 Å². The first-order valence-corrected chi connectivity index (χ1v) is 11.5. The Morgan fingerprint density at radius 1 is 0.935 bits per heavy atom. The largest absolute Gasteiger partial charge is 0.493 e. The van der Waals surface area contributed by atoms with Crippen molar-refractivity contribution < 1.29 is 26.9 Å². The Morgan fingerprint density at radius 3 is 2.35 bits per heavy atom. The summed E-state index contributed by atoms with van der Waals surface area (Å²) in [6, 6.07) is 18.4. The molecule has 0 fully saturated rings. The lowest BCUT2D eigenvalue weighted by atomic mass is 10.1. The maximum Gasteiger partial charge on any atom is 0.306 e. The Balaban J connectivity index is 1.89. The third kappa shape index (κ3) is 5.96.